The first-order valence-corrected chi connectivity index (χ1v) is 9.16. The predicted octanol–water partition coefficient (Wildman–Crippen LogP) is 2.77. The smallest absolute Gasteiger partial charge is 0.0109 e. The van der Waals surface area contributed by atoms with Crippen LogP contribution in [0.5, 0.6) is 0 Å². The molecule has 0 aromatic heterocycles. The van der Waals surface area contributed by atoms with E-state index < -0.39 is 0 Å². The van der Waals surface area contributed by atoms with Crippen molar-refractivity contribution in [2.75, 3.05) is 59.4 Å². The molecule has 2 aliphatic rings. The zero-order valence-corrected chi connectivity index (χ0v) is 14.9. The highest BCUT2D eigenvalue weighted by Gasteiger charge is 2.37. The first-order valence-electron chi connectivity index (χ1n) is 9.16. The normalized spacial score (nSPS) is 24.3. The second-order valence-electron chi connectivity index (χ2n) is 7.93. The van der Waals surface area contributed by atoms with Crippen molar-refractivity contribution >= 4 is 0 Å². The van der Waals surface area contributed by atoms with Crippen LogP contribution in [0.3, 0.4) is 0 Å². The Bertz CT molecular complexity index is 285. The molecular weight excluding hydrogens is 258 g/mol. The first-order chi connectivity index (χ1) is 10.0. The fourth-order valence-electron chi connectivity index (χ4n) is 3.95. The van der Waals surface area contributed by atoms with E-state index in [9.17, 15) is 0 Å². The van der Waals surface area contributed by atoms with E-state index in [1.54, 1.807) is 0 Å². The molecule has 0 aliphatic carbocycles. The Kier molecular flexibility index (Phi) is 6.51. The zero-order valence-electron chi connectivity index (χ0n) is 14.9. The molecule has 2 saturated heterocycles. The molecule has 0 N–H and O–H groups in total. The highest BCUT2D eigenvalue weighted by molar-refractivity contribution is 4.90. The van der Waals surface area contributed by atoms with Crippen LogP contribution in [0.15, 0.2) is 0 Å². The van der Waals surface area contributed by atoms with Crippen LogP contribution in [0, 0.1) is 11.3 Å². The zero-order chi connectivity index (χ0) is 15.3. The van der Waals surface area contributed by atoms with E-state index in [4.69, 9.17) is 0 Å². The minimum Gasteiger partial charge on any atom is -0.305 e. The summed E-state index contributed by atoms with van der Waals surface area (Å²) in [7, 11) is 2.23. The van der Waals surface area contributed by atoms with Crippen molar-refractivity contribution in [3.05, 3.63) is 0 Å². The molecular formula is C18H37N3. The maximum absolute atomic E-state index is 2.69. The molecule has 0 bridgehead atoms. The average molecular weight is 296 g/mol. The molecule has 21 heavy (non-hydrogen) atoms. The molecule has 1 spiro atoms. The Morgan fingerprint density at radius 1 is 0.952 bits per heavy atom. The van der Waals surface area contributed by atoms with E-state index in [1.165, 1.54) is 78.0 Å². The molecule has 0 amide bonds. The van der Waals surface area contributed by atoms with Gasteiger partial charge in [0.25, 0.3) is 0 Å². The van der Waals surface area contributed by atoms with Crippen molar-refractivity contribution in [2.24, 2.45) is 11.3 Å². The molecule has 124 valence electrons. The third-order valence-electron chi connectivity index (χ3n) is 5.79. The quantitative estimate of drug-likeness (QED) is 0.746. The van der Waals surface area contributed by atoms with Gasteiger partial charge in [-0.25, -0.2) is 0 Å². The van der Waals surface area contributed by atoms with E-state index in [1.807, 2.05) is 0 Å². The molecule has 0 atom stereocenters. The van der Waals surface area contributed by atoms with Crippen molar-refractivity contribution in [3.63, 3.8) is 0 Å². The summed E-state index contributed by atoms with van der Waals surface area (Å²) in [6, 6.07) is 0. The summed E-state index contributed by atoms with van der Waals surface area (Å²) in [4.78, 5) is 7.81. The summed E-state index contributed by atoms with van der Waals surface area (Å²) < 4.78 is 0. The van der Waals surface area contributed by atoms with Gasteiger partial charge in [-0.3, -0.25) is 0 Å². The van der Waals surface area contributed by atoms with Crippen molar-refractivity contribution < 1.29 is 0 Å². The van der Waals surface area contributed by atoms with Gasteiger partial charge >= 0.3 is 0 Å². The predicted molar refractivity (Wildman–Crippen MR) is 91.8 cm³/mol. The monoisotopic (exact) mass is 295 g/mol. The van der Waals surface area contributed by atoms with Gasteiger partial charge in [0.05, 0.1) is 0 Å². The number of rotatable bonds is 6. The van der Waals surface area contributed by atoms with Crippen LogP contribution in [-0.2, 0) is 0 Å². The summed E-state index contributed by atoms with van der Waals surface area (Å²) in [5.74, 6) is 0.816. The van der Waals surface area contributed by atoms with Gasteiger partial charge in [0.2, 0.25) is 0 Å². The van der Waals surface area contributed by atoms with E-state index in [0.29, 0.717) is 5.41 Å². The number of hydrogen-bond acceptors (Lipinski definition) is 3. The number of nitrogens with zero attached hydrogens (tertiary/aromatic N) is 3. The Balaban J connectivity index is 1.69. The lowest BCUT2D eigenvalue weighted by Gasteiger charge is -2.47. The van der Waals surface area contributed by atoms with Gasteiger partial charge in [0.15, 0.2) is 0 Å². The summed E-state index contributed by atoms with van der Waals surface area (Å²) in [5.41, 5.74) is 0.695. The largest absolute Gasteiger partial charge is 0.305 e. The van der Waals surface area contributed by atoms with Crippen molar-refractivity contribution in [1.82, 2.24) is 14.7 Å². The van der Waals surface area contributed by atoms with Crippen molar-refractivity contribution in [3.8, 4) is 0 Å². The molecule has 0 radical (unpaired) electrons. The Labute approximate surface area is 132 Å². The van der Waals surface area contributed by atoms with Gasteiger partial charge in [0.1, 0.15) is 0 Å². The first kappa shape index (κ1) is 17.2. The van der Waals surface area contributed by atoms with Crippen LogP contribution in [0.25, 0.3) is 0 Å². The van der Waals surface area contributed by atoms with Crippen molar-refractivity contribution in [1.29, 1.82) is 0 Å². The third kappa shape index (κ3) is 5.22. The van der Waals surface area contributed by atoms with Gasteiger partial charge in [-0.2, -0.15) is 0 Å². The van der Waals surface area contributed by atoms with E-state index in [-0.39, 0.29) is 0 Å². The maximum atomic E-state index is 2.69. The average Bonchev–Trinajstić information content (AvgIpc) is 2.48. The SMILES string of the molecule is CCN(C)CCN1CCC2(CC1)CCN(CC(C)C)CC2. The lowest BCUT2D eigenvalue weighted by molar-refractivity contribution is 0.0296. The third-order valence-corrected chi connectivity index (χ3v) is 5.79. The van der Waals surface area contributed by atoms with Gasteiger partial charge in [-0.1, -0.05) is 20.8 Å². The number of likely N-dealkylation sites (tertiary alicyclic amines) is 2. The molecule has 0 unspecified atom stereocenters. The number of hydrogen-bond donors (Lipinski definition) is 0. The van der Waals surface area contributed by atoms with Crippen LogP contribution >= 0.6 is 0 Å². The lowest BCUT2D eigenvalue weighted by atomic mass is 9.71. The van der Waals surface area contributed by atoms with Crippen LogP contribution in [0.4, 0.5) is 0 Å². The highest BCUT2D eigenvalue weighted by Crippen LogP contribution is 2.41. The Morgan fingerprint density at radius 3 is 1.95 bits per heavy atom. The van der Waals surface area contributed by atoms with E-state index in [2.05, 4.69) is 42.5 Å². The van der Waals surface area contributed by atoms with Crippen LogP contribution in [0.2, 0.25) is 0 Å². The van der Waals surface area contributed by atoms with Crippen LogP contribution in [-0.4, -0.2) is 74.1 Å². The summed E-state index contributed by atoms with van der Waals surface area (Å²) >= 11 is 0. The molecule has 2 heterocycles. The standard InChI is InChI=1S/C18H37N3/c1-5-19(4)14-15-20-10-6-18(7-11-20)8-12-21(13-9-18)16-17(2)3/h17H,5-16H2,1-4H3. The molecule has 2 rings (SSSR count). The molecule has 3 heteroatoms. The van der Waals surface area contributed by atoms with Gasteiger partial charge in [0, 0.05) is 19.6 Å². The minimum absolute atomic E-state index is 0.695. The molecule has 0 aromatic rings. The van der Waals surface area contributed by atoms with Gasteiger partial charge in [-0.05, 0) is 76.8 Å². The molecule has 0 aromatic carbocycles. The van der Waals surface area contributed by atoms with E-state index in [0.717, 1.165) is 5.92 Å². The summed E-state index contributed by atoms with van der Waals surface area (Å²) in [6.45, 7) is 17.3. The minimum atomic E-state index is 0.695. The summed E-state index contributed by atoms with van der Waals surface area (Å²) in [5, 5.41) is 0. The maximum Gasteiger partial charge on any atom is 0.0109 e. The Hall–Kier alpha value is -0.120. The fourth-order valence-corrected chi connectivity index (χ4v) is 3.95. The summed E-state index contributed by atoms with van der Waals surface area (Å²) in [6.07, 6.45) is 5.78. The highest BCUT2D eigenvalue weighted by atomic mass is 15.2. The van der Waals surface area contributed by atoms with Gasteiger partial charge < -0.3 is 14.7 Å². The van der Waals surface area contributed by atoms with Gasteiger partial charge in [-0.15, -0.1) is 0 Å². The molecule has 0 saturated carbocycles. The van der Waals surface area contributed by atoms with Crippen LogP contribution in [0.1, 0.15) is 46.5 Å². The fraction of sp³-hybridized carbons (Fsp3) is 1.00. The Morgan fingerprint density at radius 2 is 1.48 bits per heavy atom. The molecule has 2 fully saturated rings. The topological polar surface area (TPSA) is 9.72 Å². The second kappa shape index (κ2) is 7.94. The van der Waals surface area contributed by atoms with Crippen LogP contribution < -0.4 is 0 Å². The number of piperidine rings is 2. The van der Waals surface area contributed by atoms with E-state index >= 15 is 0 Å². The second-order valence-corrected chi connectivity index (χ2v) is 7.93. The molecule has 3 nitrogen and oxygen atoms in total. The van der Waals surface area contributed by atoms with Crippen molar-refractivity contribution in [2.45, 2.75) is 46.5 Å². The number of likely N-dealkylation sites (N-methyl/N-ethyl adjacent to an activating group) is 1. The molecule has 2 aliphatic heterocycles. The lowest BCUT2D eigenvalue weighted by Crippen LogP contribution is -2.48.